The van der Waals surface area contributed by atoms with Crippen molar-refractivity contribution in [2.24, 2.45) is 0 Å². The molecule has 0 amide bonds. The minimum Gasteiger partial charge on any atom is -0.497 e. The fraction of sp³-hybridized carbons (Fsp3) is 0.533. The number of methoxy groups -OCH3 is 2. The summed E-state index contributed by atoms with van der Waals surface area (Å²) in [6.07, 6.45) is 0.988. The van der Waals surface area contributed by atoms with Crippen molar-refractivity contribution in [1.82, 2.24) is 10.2 Å². The lowest BCUT2D eigenvalue weighted by Gasteiger charge is -2.38. The van der Waals surface area contributed by atoms with E-state index < -0.39 is 0 Å². The quantitative estimate of drug-likeness (QED) is 0.816. The van der Waals surface area contributed by atoms with Crippen molar-refractivity contribution in [3.8, 4) is 11.5 Å². The molecule has 1 aromatic carbocycles. The first kappa shape index (κ1) is 14.8. The van der Waals surface area contributed by atoms with Gasteiger partial charge in [-0.1, -0.05) is 6.07 Å². The normalized spacial score (nSPS) is 23.4. The van der Waals surface area contributed by atoms with Crippen LogP contribution < -0.4 is 14.8 Å². The molecule has 0 aromatic heterocycles. The number of nitrogens with zero attached hydrogens (tertiary/aromatic N) is 1. The standard InChI is InChI=1S/C15H22N2O3/c1-11-14(10-18)16-6-7-17(11)9-12-4-5-13(19-2)8-15(12)20-3/h4-5,8,10-11,14,16H,6-7,9H2,1-3H3. The number of hydrogen-bond acceptors (Lipinski definition) is 5. The highest BCUT2D eigenvalue weighted by molar-refractivity contribution is 5.59. The number of benzene rings is 1. The maximum absolute atomic E-state index is 11.0. The number of aldehydes is 1. The van der Waals surface area contributed by atoms with Crippen LogP contribution in [0.3, 0.4) is 0 Å². The zero-order valence-corrected chi connectivity index (χ0v) is 12.3. The summed E-state index contributed by atoms with van der Waals surface area (Å²) in [5.74, 6) is 1.60. The second-order valence-electron chi connectivity index (χ2n) is 5.00. The van der Waals surface area contributed by atoms with Gasteiger partial charge in [0.2, 0.25) is 0 Å². The number of piperazine rings is 1. The lowest BCUT2D eigenvalue weighted by molar-refractivity contribution is -0.111. The molecule has 2 unspecified atom stereocenters. The van der Waals surface area contributed by atoms with Gasteiger partial charge in [-0.2, -0.15) is 0 Å². The van der Waals surface area contributed by atoms with E-state index in [1.165, 1.54) is 0 Å². The predicted molar refractivity (Wildman–Crippen MR) is 77.3 cm³/mol. The van der Waals surface area contributed by atoms with Crippen LogP contribution in [0.2, 0.25) is 0 Å². The summed E-state index contributed by atoms with van der Waals surface area (Å²) >= 11 is 0. The van der Waals surface area contributed by atoms with Crippen LogP contribution in [0.4, 0.5) is 0 Å². The smallest absolute Gasteiger partial charge is 0.138 e. The summed E-state index contributed by atoms with van der Waals surface area (Å²) < 4.78 is 10.6. The molecule has 2 rings (SSSR count). The second-order valence-corrected chi connectivity index (χ2v) is 5.00. The van der Waals surface area contributed by atoms with E-state index in [9.17, 15) is 4.79 Å². The lowest BCUT2D eigenvalue weighted by atomic mass is 10.0. The van der Waals surface area contributed by atoms with E-state index in [2.05, 4.69) is 17.1 Å². The molecule has 0 bridgehead atoms. The average Bonchev–Trinajstić information content (AvgIpc) is 2.49. The molecule has 5 nitrogen and oxygen atoms in total. The molecule has 1 saturated heterocycles. The van der Waals surface area contributed by atoms with Crippen molar-refractivity contribution in [3.05, 3.63) is 23.8 Å². The van der Waals surface area contributed by atoms with Crippen molar-refractivity contribution in [1.29, 1.82) is 0 Å². The maximum Gasteiger partial charge on any atom is 0.138 e. The molecule has 1 N–H and O–H groups in total. The van der Waals surface area contributed by atoms with Crippen molar-refractivity contribution in [3.63, 3.8) is 0 Å². The van der Waals surface area contributed by atoms with Gasteiger partial charge in [-0.05, 0) is 13.0 Å². The van der Waals surface area contributed by atoms with Gasteiger partial charge in [0.25, 0.3) is 0 Å². The highest BCUT2D eigenvalue weighted by Gasteiger charge is 2.27. The Morgan fingerprint density at radius 1 is 1.40 bits per heavy atom. The molecule has 20 heavy (non-hydrogen) atoms. The first-order valence-electron chi connectivity index (χ1n) is 6.83. The van der Waals surface area contributed by atoms with Gasteiger partial charge >= 0.3 is 0 Å². The van der Waals surface area contributed by atoms with Gasteiger partial charge in [-0.15, -0.1) is 0 Å². The number of rotatable bonds is 5. The van der Waals surface area contributed by atoms with Gasteiger partial charge in [0.1, 0.15) is 17.8 Å². The predicted octanol–water partition coefficient (Wildman–Crippen LogP) is 1.06. The van der Waals surface area contributed by atoms with Crippen LogP contribution in [-0.4, -0.2) is 50.6 Å². The fourth-order valence-electron chi connectivity index (χ4n) is 2.56. The highest BCUT2D eigenvalue weighted by Crippen LogP contribution is 2.26. The van der Waals surface area contributed by atoms with E-state index in [1.54, 1.807) is 14.2 Å². The molecular formula is C15H22N2O3. The number of ether oxygens (including phenoxy) is 2. The third-order valence-electron chi connectivity index (χ3n) is 3.89. The van der Waals surface area contributed by atoms with Gasteiger partial charge in [0, 0.05) is 37.3 Å². The van der Waals surface area contributed by atoms with Crippen molar-refractivity contribution in [2.75, 3.05) is 27.3 Å². The van der Waals surface area contributed by atoms with Gasteiger partial charge in [-0.25, -0.2) is 0 Å². The Morgan fingerprint density at radius 3 is 2.85 bits per heavy atom. The zero-order chi connectivity index (χ0) is 14.5. The molecule has 5 heteroatoms. The molecule has 1 aromatic rings. The van der Waals surface area contributed by atoms with Gasteiger partial charge in [0.15, 0.2) is 0 Å². The van der Waals surface area contributed by atoms with E-state index in [0.717, 1.165) is 43.0 Å². The maximum atomic E-state index is 11.0. The van der Waals surface area contributed by atoms with Gasteiger partial charge in [-0.3, -0.25) is 4.90 Å². The summed E-state index contributed by atoms with van der Waals surface area (Å²) in [6, 6.07) is 5.91. The third-order valence-corrected chi connectivity index (χ3v) is 3.89. The number of nitrogens with one attached hydrogen (secondary N) is 1. The molecule has 1 aliphatic heterocycles. The molecule has 0 aliphatic carbocycles. The van der Waals surface area contributed by atoms with E-state index in [1.807, 2.05) is 18.2 Å². The Balaban J connectivity index is 2.14. The molecular weight excluding hydrogens is 256 g/mol. The highest BCUT2D eigenvalue weighted by atomic mass is 16.5. The fourth-order valence-corrected chi connectivity index (χ4v) is 2.56. The number of carbonyl (C=O) groups is 1. The van der Waals surface area contributed by atoms with Crippen LogP contribution in [0.15, 0.2) is 18.2 Å². The van der Waals surface area contributed by atoms with Crippen molar-refractivity contribution < 1.29 is 14.3 Å². The van der Waals surface area contributed by atoms with Crippen molar-refractivity contribution in [2.45, 2.75) is 25.6 Å². The summed E-state index contributed by atoms with van der Waals surface area (Å²) in [4.78, 5) is 13.3. The molecule has 2 atom stereocenters. The third kappa shape index (κ3) is 3.11. The lowest BCUT2D eigenvalue weighted by Crippen LogP contribution is -2.56. The van der Waals surface area contributed by atoms with Crippen LogP contribution in [0.1, 0.15) is 12.5 Å². The minimum atomic E-state index is -0.104. The molecule has 1 fully saturated rings. The van der Waals surface area contributed by atoms with E-state index >= 15 is 0 Å². The Morgan fingerprint density at radius 2 is 2.20 bits per heavy atom. The van der Waals surface area contributed by atoms with Gasteiger partial charge in [0.05, 0.1) is 20.3 Å². The summed E-state index contributed by atoms with van der Waals surface area (Å²) in [5, 5.41) is 3.22. The molecule has 1 heterocycles. The van der Waals surface area contributed by atoms with Gasteiger partial charge < -0.3 is 19.6 Å². The first-order chi connectivity index (χ1) is 9.69. The zero-order valence-electron chi connectivity index (χ0n) is 12.3. The van der Waals surface area contributed by atoms with Crippen LogP contribution in [0.25, 0.3) is 0 Å². The molecule has 0 radical (unpaired) electrons. The second kappa shape index (κ2) is 6.72. The minimum absolute atomic E-state index is 0.104. The molecule has 110 valence electrons. The number of carbonyl (C=O) groups excluding carboxylic acids is 1. The van der Waals surface area contributed by atoms with Crippen LogP contribution >= 0.6 is 0 Å². The Labute approximate surface area is 119 Å². The molecule has 0 spiro atoms. The van der Waals surface area contributed by atoms with E-state index in [4.69, 9.17) is 9.47 Å². The van der Waals surface area contributed by atoms with E-state index in [-0.39, 0.29) is 12.1 Å². The summed E-state index contributed by atoms with van der Waals surface area (Å²) in [5.41, 5.74) is 1.10. The Hall–Kier alpha value is -1.59. The topological polar surface area (TPSA) is 50.8 Å². The van der Waals surface area contributed by atoms with Crippen LogP contribution in [0, 0.1) is 0 Å². The van der Waals surface area contributed by atoms with Crippen LogP contribution in [0.5, 0.6) is 11.5 Å². The Bertz CT molecular complexity index is 464. The monoisotopic (exact) mass is 278 g/mol. The molecule has 0 saturated carbocycles. The molecule has 1 aliphatic rings. The van der Waals surface area contributed by atoms with Crippen LogP contribution in [-0.2, 0) is 11.3 Å². The van der Waals surface area contributed by atoms with Crippen molar-refractivity contribution >= 4 is 6.29 Å². The largest absolute Gasteiger partial charge is 0.497 e. The summed E-state index contributed by atoms with van der Waals surface area (Å²) in [6.45, 7) is 4.58. The van der Waals surface area contributed by atoms with E-state index in [0.29, 0.717) is 0 Å². The Kier molecular flexibility index (Phi) is 4.98. The SMILES string of the molecule is COc1ccc(CN2CCNC(C=O)C2C)c(OC)c1. The summed E-state index contributed by atoms with van der Waals surface area (Å²) in [7, 11) is 3.30. The average molecular weight is 278 g/mol. The first-order valence-corrected chi connectivity index (χ1v) is 6.83. The number of hydrogen-bond donors (Lipinski definition) is 1.